The number of halogens is 2. The molecule has 0 bridgehead atoms. The van der Waals surface area contributed by atoms with Gasteiger partial charge in [0, 0.05) is 5.69 Å². The van der Waals surface area contributed by atoms with Gasteiger partial charge in [0.2, 0.25) is 0 Å². The number of anilines is 2. The zero-order valence-corrected chi connectivity index (χ0v) is 11.0. The Morgan fingerprint density at radius 3 is 2.53 bits per heavy atom. The number of para-hydroxylation sites is 1. The van der Waals surface area contributed by atoms with E-state index in [1.165, 1.54) is 12.1 Å². The van der Waals surface area contributed by atoms with Gasteiger partial charge in [0.15, 0.2) is 0 Å². The fourth-order valence-corrected chi connectivity index (χ4v) is 1.76. The maximum atomic E-state index is 13.2. The van der Waals surface area contributed by atoms with Crippen molar-refractivity contribution in [3.05, 3.63) is 58.9 Å². The molecule has 0 fully saturated rings. The smallest absolute Gasteiger partial charge is 0.308 e. The maximum Gasteiger partial charge on any atom is 0.323 e. The van der Waals surface area contributed by atoms with Crippen LogP contribution in [-0.2, 0) is 0 Å². The molecule has 0 heterocycles. The summed E-state index contributed by atoms with van der Waals surface area (Å²) < 4.78 is 13.2. The van der Waals surface area contributed by atoms with Crippen LogP contribution in [0.4, 0.5) is 20.6 Å². The first kappa shape index (κ1) is 13.4. The summed E-state index contributed by atoms with van der Waals surface area (Å²) in [6.07, 6.45) is 0. The van der Waals surface area contributed by atoms with Gasteiger partial charge in [-0.1, -0.05) is 29.8 Å². The van der Waals surface area contributed by atoms with Crippen molar-refractivity contribution in [2.45, 2.75) is 6.92 Å². The number of amides is 2. The number of benzene rings is 2. The molecule has 2 aromatic rings. The lowest BCUT2D eigenvalue weighted by Gasteiger charge is -2.10. The van der Waals surface area contributed by atoms with Gasteiger partial charge in [-0.2, -0.15) is 0 Å². The van der Waals surface area contributed by atoms with Crippen LogP contribution >= 0.6 is 11.6 Å². The van der Waals surface area contributed by atoms with E-state index < -0.39 is 11.8 Å². The number of urea groups is 1. The molecule has 3 nitrogen and oxygen atoms in total. The number of carbonyl (C=O) groups excluding carboxylic acids is 1. The van der Waals surface area contributed by atoms with E-state index in [1.54, 1.807) is 19.1 Å². The molecule has 0 radical (unpaired) electrons. The molecule has 0 aliphatic carbocycles. The average molecular weight is 279 g/mol. The van der Waals surface area contributed by atoms with Crippen molar-refractivity contribution in [3.63, 3.8) is 0 Å². The molecule has 0 aromatic heterocycles. The highest BCUT2D eigenvalue weighted by molar-refractivity contribution is 6.33. The van der Waals surface area contributed by atoms with Gasteiger partial charge in [-0.05, 0) is 36.8 Å². The van der Waals surface area contributed by atoms with E-state index in [0.29, 0.717) is 16.9 Å². The van der Waals surface area contributed by atoms with E-state index in [1.807, 2.05) is 18.2 Å². The van der Waals surface area contributed by atoms with E-state index in [9.17, 15) is 9.18 Å². The zero-order chi connectivity index (χ0) is 13.8. The van der Waals surface area contributed by atoms with Crippen molar-refractivity contribution in [2.75, 3.05) is 10.6 Å². The Morgan fingerprint density at radius 2 is 1.84 bits per heavy atom. The van der Waals surface area contributed by atoms with Gasteiger partial charge in [-0.3, -0.25) is 0 Å². The Morgan fingerprint density at radius 1 is 1.16 bits per heavy atom. The van der Waals surface area contributed by atoms with E-state index in [0.717, 1.165) is 0 Å². The highest BCUT2D eigenvalue weighted by Crippen LogP contribution is 2.25. The zero-order valence-electron chi connectivity index (χ0n) is 10.2. The molecule has 5 heteroatoms. The molecule has 2 aromatic carbocycles. The van der Waals surface area contributed by atoms with Crippen LogP contribution in [0.15, 0.2) is 42.5 Å². The Hall–Kier alpha value is -2.07. The molecule has 2 N–H and O–H groups in total. The van der Waals surface area contributed by atoms with E-state index in [2.05, 4.69) is 10.6 Å². The Kier molecular flexibility index (Phi) is 4.02. The first-order chi connectivity index (χ1) is 9.06. The molecular weight excluding hydrogens is 267 g/mol. The lowest BCUT2D eigenvalue weighted by atomic mass is 10.2. The minimum absolute atomic E-state index is 0.159. The van der Waals surface area contributed by atoms with Crippen molar-refractivity contribution >= 4 is 29.0 Å². The molecule has 0 unspecified atom stereocenters. The second kappa shape index (κ2) is 5.71. The lowest BCUT2D eigenvalue weighted by molar-refractivity contribution is 0.262. The van der Waals surface area contributed by atoms with Crippen LogP contribution in [0.2, 0.25) is 5.02 Å². The second-order valence-electron chi connectivity index (χ2n) is 4.03. The molecule has 0 saturated heterocycles. The Balaban J connectivity index is 2.09. The average Bonchev–Trinajstić information content (AvgIpc) is 2.37. The molecule has 0 saturated carbocycles. The number of carbonyl (C=O) groups is 1. The van der Waals surface area contributed by atoms with Crippen molar-refractivity contribution in [1.29, 1.82) is 0 Å². The second-order valence-corrected chi connectivity index (χ2v) is 4.43. The van der Waals surface area contributed by atoms with Crippen molar-refractivity contribution in [3.8, 4) is 0 Å². The van der Waals surface area contributed by atoms with E-state index in [-0.39, 0.29) is 5.02 Å². The fraction of sp³-hybridized carbons (Fsp3) is 0.0714. The van der Waals surface area contributed by atoms with Gasteiger partial charge in [0.1, 0.15) is 5.82 Å². The lowest BCUT2D eigenvalue weighted by Crippen LogP contribution is -2.19. The van der Waals surface area contributed by atoms with Crippen LogP contribution in [0.5, 0.6) is 0 Å². The van der Waals surface area contributed by atoms with Crippen LogP contribution in [0.3, 0.4) is 0 Å². The van der Waals surface area contributed by atoms with Crippen molar-refractivity contribution in [2.24, 2.45) is 0 Å². The Labute approximate surface area is 115 Å². The number of rotatable bonds is 2. The summed E-state index contributed by atoms with van der Waals surface area (Å²) >= 11 is 5.87. The van der Waals surface area contributed by atoms with Gasteiger partial charge >= 0.3 is 6.03 Å². The SMILES string of the molecule is Cc1cc(NC(=O)Nc2ccccc2)c(Cl)cc1F. The minimum Gasteiger partial charge on any atom is -0.308 e. The number of hydrogen-bond donors (Lipinski definition) is 2. The third-order valence-electron chi connectivity index (χ3n) is 2.53. The molecule has 0 spiro atoms. The Bertz CT molecular complexity index is 602. The van der Waals surface area contributed by atoms with Crippen LogP contribution in [-0.4, -0.2) is 6.03 Å². The van der Waals surface area contributed by atoms with Crippen LogP contribution in [0.1, 0.15) is 5.56 Å². The standard InChI is InChI=1S/C14H12ClFN2O/c1-9-7-13(11(15)8-12(9)16)18-14(19)17-10-5-3-2-4-6-10/h2-8H,1H3,(H2,17,18,19). The summed E-state index contributed by atoms with van der Waals surface area (Å²) in [5.41, 5.74) is 1.45. The quantitative estimate of drug-likeness (QED) is 0.838. The first-order valence-electron chi connectivity index (χ1n) is 5.65. The fourth-order valence-electron chi connectivity index (χ4n) is 1.56. The summed E-state index contributed by atoms with van der Waals surface area (Å²) in [4.78, 5) is 11.8. The highest BCUT2D eigenvalue weighted by atomic mass is 35.5. The van der Waals surface area contributed by atoms with Crippen molar-refractivity contribution < 1.29 is 9.18 Å². The van der Waals surface area contributed by atoms with E-state index in [4.69, 9.17) is 11.6 Å². The summed E-state index contributed by atoms with van der Waals surface area (Å²) in [5, 5.41) is 5.39. The monoisotopic (exact) mass is 278 g/mol. The number of aryl methyl sites for hydroxylation is 1. The number of nitrogens with one attached hydrogen (secondary N) is 2. The largest absolute Gasteiger partial charge is 0.323 e. The highest BCUT2D eigenvalue weighted by Gasteiger charge is 2.09. The van der Waals surface area contributed by atoms with E-state index >= 15 is 0 Å². The molecule has 0 aliphatic rings. The van der Waals surface area contributed by atoms with Crippen molar-refractivity contribution in [1.82, 2.24) is 0 Å². The molecular formula is C14H12ClFN2O. The van der Waals surface area contributed by atoms with Gasteiger partial charge in [0.25, 0.3) is 0 Å². The molecule has 0 atom stereocenters. The normalized spacial score (nSPS) is 10.1. The van der Waals surface area contributed by atoms with Crippen LogP contribution in [0.25, 0.3) is 0 Å². The predicted molar refractivity (Wildman–Crippen MR) is 75.2 cm³/mol. The third kappa shape index (κ3) is 3.45. The molecule has 2 amide bonds. The summed E-state index contributed by atoms with van der Waals surface area (Å²) in [5.74, 6) is -0.404. The van der Waals surface area contributed by atoms with Crippen LogP contribution in [0, 0.1) is 12.7 Å². The number of hydrogen-bond acceptors (Lipinski definition) is 1. The first-order valence-corrected chi connectivity index (χ1v) is 6.03. The molecule has 0 aliphatic heterocycles. The van der Waals surface area contributed by atoms with Crippen LogP contribution < -0.4 is 10.6 Å². The minimum atomic E-state index is -0.431. The predicted octanol–water partition coefficient (Wildman–Crippen LogP) is 4.43. The summed E-state index contributed by atoms with van der Waals surface area (Å²) in [6, 6.07) is 11.2. The van der Waals surface area contributed by atoms with Gasteiger partial charge in [0.05, 0.1) is 10.7 Å². The topological polar surface area (TPSA) is 41.1 Å². The summed E-state index contributed by atoms with van der Waals surface area (Å²) in [7, 11) is 0. The molecule has 19 heavy (non-hydrogen) atoms. The third-order valence-corrected chi connectivity index (χ3v) is 2.84. The molecule has 2 rings (SSSR count). The van der Waals surface area contributed by atoms with Gasteiger partial charge in [-0.25, -0.2) is 9.18 Å². The summed E-state index contributed by atoms with van der Waals surface area (Å²) in [6.45, 7) is 1.60. The van der Waals surface area contributed by atoms with Gasteiger partial charge < -0.3 is 10.6 Å². The molecule has 98 valence electrons. The maximum absolute atomic E-state index is 13.2. The van der Waals surface area contributed by atoms with Gasteiger partial charge in [-0.15, -0.1) is 0 Å².